The Labute approximate surface area is 122 Å². The number of halogens is 3. The quantitative estimate of drug-likeness (QED) is 0.728. The van der Waals surface area contributed by atoms with Crippen LogP contribution in [-0.4, -0.2) is 0 Å². The molecule has 0 unspecified atom stereocenters. The van der Waals surface area contributed by atoms with Crippen molar-refractivity contribution < 1.29 is 4.39 Å². The zero-order chi connectivity index (χ0) is 13.3. The molecule has 0 radical (unpaired) electrons. The summed E-state index contributed by atoms with van der Waals surface area (Å²) in [4.78, 5) is 0. The van der Waals surface area contributed by atoms with E-state index in [0.29, 0.717) is 15.8 Å². The molecule has 5 heteroatoms. The maximum Gasteiger partial charge on any atom is 0.139 e. The van der Waals surface area contributed by atoms with Crippen LogP contribution in [0.2, 0.25) is 0 Å². The summed E-state index contributed by atoms with van der Waals surface area (Å²) in [6.45, 7) is 2.00. The van der Waals surface area contributed by atoms with Crippen molar-refractivity contribution in [1.29, 1.82) is 0 Å². The molecule has 0 aliphatic carbocycles. The molecule has 0 fully saturated rings. The van der Waals surface area contributed by atoms with Crippen LogP contribution in [0.15, 0.2) is 39.3 Å². The number of hydrogen-bond acceptors (Lipinski definition) is 2. The lowest BCUT2D eigenvalue weighted by molar-refractivity contribution is 0.622. The highest BCUT2D eigenvalue weighted by Crippen LogP contribution is 2.33. The number of nitrogens with two attached hydrogens (primary N) is 1. The average molecular weight is 374 g/mol. The molecule has 0 saturated heterocycles. The average Bonchev–Trinajstić information content (AvgIpc) is 2.32. The predicted molar refractivity (Wildman–Crippen MR) is 80.7 cm³/mol. The molecule has 18 heavy (non-hydrogen) atoms. The molecule has 0 aliphatic heterocycles. The molecule has 2 rings (SSSR count). The Morgan fingerprint density at radius 1 is 1.17 bits per heavy atom. The standard InChI is InChI=1S/C13H11Br2FN2/c1-7-3-2-4-11(13(7)15)18-12-5-8(14)9(16)6-10(12)17/h2-6,18H,17H2,1H3. The fraction of sp³-hybridized carbons (Fsp3) is 0.0769. The zero-order valence-electron chi connectivity index (χ0n) is 9.60. The van der Waals surface area contributed by atoms with E-state index >= 15 is 0 Å². The second-order valence-corrected chi connectivity index (χ2v) is 5.56. The first-order valence-corrected chi connectivity index (χ1v) is 6.84. The minimum Gasteiger partial charge on any atom is -0.397 e. The van der Waals surface area contributed by atoms with Gasteiger partial charge in [-0.05, 0) is 56.5 Å². The van der Waals surface area contributed by atoms with E-state index in [0.717, 1.165) is 15.7 Å². The SMILES string of the molecule is Cc1cccc(Nc2cc(Br)c(F)cc2N)c1Br. The van der Waals surface area contributed by atoms with Crippen LogP contribution in [0.1, 0.15) is 5.56 Å². The Balaban J connectivity index is 2.40. The van der Waals surface area contributed by atoms with Gasteiger partial charge in [-0.25, -0.2) is 4.39 Å². The van der Waals surface area contributed by atoms with E-state index in [-0.39, 0.29) is 5.82 Å². The summed E-state index contributed by atoms with van der Waals surface area (Å²) < 4.78 is 14.6. The highest BCUT2D eigenvalue weighted by molar-refractivity contribution is 9.11. The molecule has 2 aromatic rings. The van der Waals surface area contributed by atoms with Gasteiger partial charge in [-0.2, -0.15) is 0 Å². The second kappa shape index (κ2) is 5.28. The van der Waals surface area contributed by atoms with Gasteiger partial charge < -0.3 is 11.1 Å². The van der Waals surface area contributed by atoms with Gasteiger partial charge in [-0.1, -0.05) is 12.1 Å². The normalized spacial score (nSPS) is 10.4. The van der Waals surface area contributed by atoms with Gasteiger partial charge in [-0.3, -0.25) is 0 Å². The van der Waals surface area contributed by atoms with Crippen molar-refractivity contribution in [2.45, 2.75) is 6.92 Å². The van der Waals surface area contributed by atoms with Crippen LogP contribution in [0, 0.1) is 12.7 Å². The number of anilines is 3. The van der Waals surface area contributed by atoms with Gasteiger partial charge in [0.2, 0.25) is 0 Å². The van der Waals surface area contributed by atoms with Crippen molar-refractivity contribution >= 4 is 48.9 Å². The summed E-state index contributed by atoms with van der Waals surface area (Å²) in [5.74, 6) is -0.374. The highest BCUT2D eigenvalue weighted by atomic mass is 79.9. The Hall–Kier alpha value is -1.07. The second-order valence-electron chi connectivity index (χ2n) is 3.92. The van der Waals surface area contributed by atoms with Crippen LogP contribution in [0.5, 0.6) is 0 Å². The van der Waals surface area contributed by atoms with Gasteiger partial charge in [0.15, 0.2) is 0 Å². The maximum atomic E-state index is 13.3. The summed E-state index contributed by atoms with van der Waals surface area (Å²) in [5.41, 5.74) is 8.81. The van der Waals surface area contributed by atoms with Crippen LogP contribution in [0.3, 0.4) is 0 Å². The molecule has 0 spiro atoms. The number of benzene rings is 2. The van der Waals surface area contributed by atoms with Crippen molar-refractivity contribution in [2.24, 2.45) is 0 Å². The van der Waals surface area contributed by atoms with Gasteiger partial charge in [0, 0.05) is 10.5 Å². The largest absolute Gasteiger partial charge is 0.397 e. The first-order chi connectivity index (χ1) is 8.49. The lowest BCUT2D eigenvalue weighted by Gasteiger charge is -2.13. The van der Waals surface area contributed by atoms with Crippen molar-refractivity contribution in [1.82, 2.24) is 0 Å². The number of rotatable bonds is 2. The lowest BCUT2D eigenvalue weighted by atomic mass is 10.2. The molecule has 0 aliphatic rings. The molecule has 0 aromatic heterocycles. The van der Waals surface area contributed by atoms with E-state index in [4.69, 9.17) is 5.73 Å². The Bertz CT molecular complexity index is 600. The van der Waals surface area contributed by atoms with E-state index in [1.54, 1.807) is 6.07 Å². The molecule has 94 valence electrons. The van der Waals surface area contributed by atoms with Gasteiger partial charge in [0.1, 0.15) is 5.82 Å². The highest BCUT2D eigenvalue weighted by Gasteiger charge is 2.08. The van der Waals surface area contributed by atoms with Crippen LogP contribution in [0.25, 0.3) is 0 Å². The minimum absolute atomic E-state index is 0.365. The molecule has 0 heterocycles. The molecule has 2 nitrogen and oxygen atoms in total. The molecule has 0 atom stereocenters. The Kier molecular flexibility index (Phi) is 3.92. The summed E-state index contributed by atoms with van der Waals surface area (Å²) in [5, 5.41) is 3.18. The van der Waals surface area contributed by atoms with Crippen LogP contribution >= 0.6 is 31.9 Å². The molecular weight excluding hydrogens is 363 g/mol. The Morgan fingerprint density at radius 2 is 1.89 bits per heavy atom. The van der Waals surface area contributed by atoms with E-state index in [2.05, 4.69) is 37.2 Å². The third-order valence-electron chi connectivity index (χ3n) is 2.55. The lowest BCUT2D eigenvalue weighted by Crippen LogP contribution is -1.98. The first kappa shape index (κ1) is 13.4. The summed E-state index contributed by atoms with van der Waals surface area (Å²) in [7, 11) is 0. The number of nitrogens with one attached hydrogen (secondary N) is 1. The van der Waals surface area contributed by atoms with Gasteiger partial charge in [0.25, 0.3) is 0 Å². The van der Waals surface area contributed by atoms with Crippen LogP contribution < -0.4 is 11.1 Å². The van der Waals surface area contributed by atoms with Gasteiger partial charge >= 0.3 is 0 Å². The fourth-order valence-electron chi connectivity index (χ4n) is 1.56. The Morgan fingerprint density at radius 3 is 2.61 bits per heavy atom. The predicted octanol–water partition coefficient (Wildman–Crippen LogP) is 4.98. The molecule has 0 bridgehead atoms. The number of aryl methyl sites for hydroxylation is 1. The molecule has 3 N–H and O–H groups in total. The van der Waals surface area contributed by atoms with E-state index in [9.17, 15) is 4.39 Å². The third-order valence-corrected chi connectivity index (χ3v) is 4.21. The van der Waals surface area contributed by atoms with Gasteiger partial charge in [-0.15, -0.1) is 0 Å². The van der Waals surface area contributed by atoms with Crippen molar-refractivity contribution in [3.63, 3.8) is 0 Å². The zero-order valence-corrected chi connectivity index (χ0v) is 12.8. The van der Waals surface area contributed by atoms with Crippen molar-refractivity contribution in [3.05, 3.63) is 50.7 Å². The smallest absolute Gasteiger partial charge is 0.139 e. The minimum atomic E-state index is -0.374. The maximum absolute atomic E-state index is 13.3. The van der Waals surface area contributed by atoms with Crippen molar-refractivity contribution in [3.8, 4) is 0 Å². The fourth-order valence-corrected chi connectivity index (χ4v) is 2.27. The molecule has 0 saturated carbocycles. The summed E-state index contributed by atoms with van der Waals surface area (Å²) >= 11 is 6.65. The number of nitrogen functional groups attached to an aromatic ring is 1. The molecule has 2 aromatic carbocycles. The van der Waals surface area contributed by atoms with Gasteiger partial charge in [0.05, 0.1) is 21.5 Å². The van der Waals surface area contributed by atoms with E-state index in [1.165, 1.54) is 6.07 Å². The van der Waals surface area contributed by atoms with Crippen molar-refractivity contribution in [2.75, 3.05) is 11.1 Å². The number of hydrogen-bond donors (Lipinski definition) is 2. The summed E-state index contributed by atoms with van der Waals surface area (Å²) in [6.07, 6.45) is 0. The van der Waals surface area contributed by atoms with Crippen LogP contribution in [-0.2, 0) is 0 Å². The van der Waals surface area contributed by atoms with E-state index in [1.807, 2.05) is 25.1 Å². The van der Waals surface area contributed by atoms with Crippen LogP contribution in [0.4, 0.5) is 21.5 Å². The first-order valence-electron chi connectivity index (χ1n) is 5.25. The summed E-state index contributed by atoms with van der Waals surface area (Å²) in [6, 6.07) is 8.78. The molecule has 0 amide bonds. The monoisotopic (exact) mass is 372 g/mol. The third kappa shape index (κ3) is 2.67. The molecular formula is C13H11Br2FN2. The topological polar surface area (TPSA) is 38.0 Å². The van der Waals surface area contributed by atoms with E-state index < -0.39 is 0 Å².